The normalized spacial score (nSPS) is 10.7. The minimum Gasteiger partial charge on any atom is -0.481 e. The van der Waals surface area contributed by atoms with Crippen LogP contribution in [0.4, 0.5) is 4.39 Å². The van der Waals surface area contributed by atoms with Crippen molar-refractivity contribution >= 4 is 23.4 Å². The van der Waals surface area contributed by atoms with Gasteiger partial charge in [0.05, 0.1) is 23.5 Å². The fraction of sp³-hybridized carbons (Fsp3) is 0.118. The number of carbonyl (C=O) groups excluding carboxylic acids is 1. The third-order valence-electron chi connectivity index (χ3n) is 3.65. The molecule has 0 aliphatic heterocycles. The molecule has 2 aromatic heterocycles. The molecule has 0 saturated carbocycles. The number of amidine groups is 1. The highest BCUT2D eigenvalue weighted by molar-refractivity contribution is 5.92. The topological polar surface area (TPSA) is 144 Å². The van der Waals surface area contributed by atoms with Crippen molar-refractivity contribution in [2.24, 2.45) is 5.73 Å². The first-order chi connectivity index (χ1) is 12.8. The average Bonchev–Trinajstić information content (AvgIpc) is 3.06. The Morgan fingerprint density at radius 2 is 2.04 bits per heavy atom. The summed E-state index contributed by atoms with van der Waals surface area (Å²) in [6.45, 7) is 0. The number of benzene rings is 1. The van der Waals surface area contributed by atoms with E-state index in [0.29, 0.717) is 11.3 Å². The van der Waals surface area contributed by atoms with Crippen molar-refractivity contribution in [2.75, 3.05) is 0 Å². The molecule has 2 heterocycles. The van der Waals surface area contributed by atoms with E-state index in [1.54, 1.807) is 0 Å². The van der Waals surface area contributed by atoms with Gasteiger partial charge in [0, 0.05) is 6.42 Å². The molecule has 4 N–H and O–H groups in total. The van der Waals surface area contributed by atoms with Crippen LogP contribution in [-0.4, -0.2) is 37.5 Å². The van der Waals surface area contributed by atoms with Crippen molar-refractivity contribution in [2.45, 2.75) is 12.8 Å². The number of carbonyl (C=O) groups is 2. The van der Waals surface area contributed by atoms with Gasteiger partial charge in [0.2, 0.25) is 0 Å². The summed E-state index contributed by atoms with van der Waals surface area (Å²) in [5.41, 5.74) is 5.91. The van der Waals surface area contributed by atoms with Crippen LogP contribution in [0.25, 0.3) is 5.65 Å². The molecule has 27 heavy (non-hydrogen) atoms. The molecule has 9 nitrogen and oxygen atoms in total. The Morgan fingerprint density at radius 1 is 1.26 bits per heavy atom. The van der Waals surface area contributed by atoms with Crippen molar-refractivity contribution in [1.82, 2.24) is 14.6 Å². The molecule has 3 rings (SSSR count). The number of pyridine rings is 1. The van der Waals surface area contributed by atoms with E-state index in [1.807, 2.05) is 0 Å². The molecular formula is C17H14FN5O4. The highest BCUT2D eigenvalue weighted by Crippen LogP contribution is 2.22. The zero-order valence-corrected chi connectivity index (χ0v) is 13.8. The maximum atomic E-state index is 14.2. The number of nitrogens with zero attached hydrogens (tertiary/aromatic N) is 3. The predicted molar refractivity (Wildman–Crippen MR) is 91.3 cm³/mol. The predicted octanol–water partition coefficient (Wildman–Crippen LogP) is 1.19. The number of nitrogens with one attached hydrogen (secondary N) is 1. The van der Waals surface area contributed by atoms with Gasteiger partial charge in [0.1, 0.15) is 12.1 Å². The van der Waals surface area contributed by atoms with Gasteiger partial charge in [-0.1, -0.05) is 6.07 Å². The largest absolute Gasteiger partial charge is 0.481 e. The number of halogens is 1. The summed E-state index contributed by atoms with van der Waals surface area (Å²) in [6.07, 6.45) is 0.965. The van der Waals surface area contributed by atoms with E-state index >= 15 is 0 Å². The van der Waals surface area contributed by atoms with Gasteiger partial charge >= 0.3 is 11.9 Å². The number of hydrogen-bond donors (Lipinski definition) is 3. The molecule has 10 heteroatoms. The lowest BCUT2D eigenvalue weighted by Crippen LogP contribution is -2.15. The molecule has 0 saturated heterocycles. The second-order valence-electron chi connectivity index (χ2n) is 5.66. The van der Waals surface area contributed by atoms with E-state index in [4.69, 9.17) is 21.0 Å². The van der Waals surface area contributed by atoms with Crippen molar-refractivity contribution in [1.29, 1.82) is 5.41 Å². The monoisotopic (exact) mass is 371 g/mol. The Morgan fingerprint density at radius 3 is 2.70 bits per heavy atom. The molecule has 0 aliphatic rings. The van der Waals surface area contributed by atoms with E-state index in [9.17, 15) is 14.0 Å². The first-order valence-corrected chi connectivity index (χ1v) is 7.72. The van der Waals surface area contributed by atoms with E-state index in [0.717, 1.165) is 6.07 Å². The average molecular weight is 371 g/mol. The third-order valence-corrected chi connectivity index (χ3v) is 3.65. The van der Waals surface area contributed by atoms with Crippen LogP contribution in [-0.2, 0) is 17.6 Å². The number of rotatable bonds is 6. The van der Waals surface area contributed by atoms with Crippen LogP contribution in [0.2, 0.25) is 0 Å². The quantitative estimate of drug-likeness (QED) is 0.335. The zero-order chi connectivity index (χ0) is 19.6. The Kier molecular flexibility index (Phi) is 4.79. The van der Waals surface area contributed by atoms with Crippen LogP contribution in [0.15, 0.2) is 36.7 Å². The lowest BCUT2D eigenvalue weighted by molar-refractivity contribution is -0.136. The van der Waals surface area contributed by atoms with Crippen molar-refractivity contribution in [3.8, 4) is 5.75 Å². The van der Waals surface area contributed by atoms with Crippen LogP contribution in [0.1, 0.15) is 21.6 Å². The molecule has 0 amide bonds. The summed E-state index contributed by atoms with van der Waals surface area (Å²) < 4.78 is 20.7. The van der Waals surface area contributed by atoms with Gasteiger partial charge in [-0.3, -0.25) is 10.2 Å². The number of esters is 1. The highest BCUT2D eigenvalue weighted by Gasteiger charge is 2.18. The van der Waals surface area contributed by atoms with Crippen LogP contribution >= 0.6 is 0 Å². The zero-order valence-electron chi connectivity index (χ0n) is 13.8. The molecule has 0 atom stereocenters. The molecule has 0 bridgehead atoms. The third kappa shape index (κ3) is 3.89. The Labute approximate surface area is 151 Å². The summed E-state index contributed by atoms with van der Waals surface area (Å²) in [6, 6.07) is 6.65. The van der Waals surface area contributed by atoms with E-state index in [-0.39, 0.29) is 35.6 Å². The van der Waals surface area contributed by atoms with Crippen molar-refractivity contribution < 1.29 is 23.8 Å². The highest BCUT2D eigenvalue weighted by atomic mass is 19.1. The summed E-state index contributed by atoms with van der Waals surface area (Å²) in [4.78, 5) is 27.2. The Hall–Kier alpha value is -3.82. The fourth-order valence-electron chi connectivity index (χ4n) is 2.51. The van der Waals surface area contributed by atoms with Crippen LogP contribution in [0.5, 0.6) is 5.75 Å². The number of fused-ring (bicyclic) bond motifs is 1. The van der Waals surface area contributed by atoms with Gasteiger partial charge in [-0.25, -0.2) is 18.7 Å². The first-order valence-electron chi connectivity index (χ1n) is 7.72. The standard InChI is InChI=1S/C17H14FN5O4/c18-12-5-9(6-14(19)20)1-3-11(12)17(26)27-13-4-2-10(7-15(24)25)23-16(13)21-8-22-23/h1-5,8H,6-7H2,(H3,19,20)(H,24,25). The first kappa shape index (κ1) is 18.0. The van der Waals surface area contributed by atoms with Crippen LogP contribution in [0.3, 0.4) is 0 Å². The number of aromatic nitrogens is 3. The number of nitrogens with two attached hydrogens (primary N) is 1. The number of carboxylic acid groups (broad SMARTS) is 1. The SMILES string of the molecule is N=C(N)Cc1ccc(C(=O)Oc2ccc(CC(=O)O)n3ncnc23)c(F)c1. The van der Waals surface area contributed by atoms with Gasteiger partial charge < -0.3 is 15.6 Å². The Balaban J connectivity index is 1.87. The van der Waals surface area contributed by atoms with E-state index in [2.05, 4.69) is 10.1 Å². The lowest BCUT2D eigenvalue weighted by atomic mass is 10.1. The fourth-order valence-corrected chi connectivity index (χ4v) is 2.51. The van der Waals surface area contributed by atoms with Crippen LogP contribution < -0.4 is 10.5 Å². The molecule has 1 aromatic carbocycles. The summed E-state index contributed by atoms with van der Waals surface area (Å²) in [5.74, 6) is -2.92. The number of hydrogen-bond acceptors (Lipinski definition) is 6. The van der Waals surface area contributed by atoms with E-state index in [1.165, 1.54) is 35.1 Å². The molecule has 0 fully saturated rings. The second kappa shape index (κ2) is 7.20. The van der Waals surface area contributed by atoms with Crippen molar-refractivity contribution in [3.05, 3.63) is 59.3 Å². The number of carboxylic acids is 1. The molecule has 0 aliphatic carbocycles. The van der Waals surface area contributed by atoms with E-state index < -0.39 is 17.8 Å². The summed E-state index contributed by atoms with van der Waals surface area (Å²) >= 11 is 0. The van der Waals surface area contributed by atoms with Gasteiger partial charge in [0.15, 0.2) is 11.4 Å². The Bertz CT molecular complexity index is 1060. The maximum Gasteiger partial charge on any atom is 0.346 e. The summed E-state index contributed by atoms with van der Waals surface area (Å²) in [7, 11) is 0. The maximum absolute atomic E-state index is 14.2. The molecule has 3 aromatic rings. The number of ether oxygens (including phenoxy) is 1. The number of aliphatic carboxylic acids is 1. The van der Waals surface area contributed by atoms with Gasteiger partial charge in [0.25, 0.3) is 0 Å². The smallest absolute Gasteiger partial charge is 0.346 e. The van der Waals surface area contributed by atoms with Gasteiger partial charge in [-0.15, -0.1) is 0 Å². The molecule has 138 valence electrons. The molecule has 0 radical (unpaired) electrons. The minimum atomic E-state index is -1.05. The van der Waals surface area contributed by atoms with Crippen LogP contribution in [0, 0.1) is 11.2 Å². The second-order valence-corrected chi connectivity index (χ2v) is 5.66. The summed E-state index contributed by atoms with van der Waals surface area (Å²) in [5, 5.41) is 20.1. The van der Waals surface area contributed by atoms with Gasteiger partial charge in [-0.2, -0.15) is 5.10 Å². The van der Waals surface area contributed by atoms with Crippen molar-refractivity contribution in [3.63, 3.8) is 0 Å². The minimum absolute atomic E-state index is 0.0128. The molecular weight excluding hydrogens is 357 g/mol. The van der Waals surface area contributed by atoms with Gasteiger partial charge in [-0.05, 0) is 29.8 Å². The molecule has 0 unspecified atom stereocenters. The lowest BCUT2D eigenvalue weighted by Gasteiger charge is -2.09. The molecule has 0 spiro atoms.